The Labute approximate surface area is 177 Å². The lowest BCUT2D eigenvalue weighted by atomic mass is 10.0. The number of fused-ring (bicyclic) bond motifs is 1. The molecule has 2 aromatic carbocycles. The number of aromatic amines is 1. The lowest BCUT2D eigenvalue weighted by Crippen LogP contribution is -2.36. The van der Waals surface area contributed by atoms with E-state index in [0.29, 0.717) is 18.4 Å². The molecule has 5 heteroatoms. The standard InChI is InChI=1S/C25H28N4O/c1-18-11-20(17-29(18)25(30)12-19-5-3-2-4-6-19)16-28-10-9-22-13-21(7-8-24(22)28)23-14-26-27-15-23/h2-8,13-15,18,20H,9-12,16-17H2,1H3,(H,26,27). The normalized spacial score (nSPS) is 20.6. The minimum atomic E-state index is 0.253. The van der Waals surface area contributed by atoms with Crippen LogP contribution in [-0.2, 0) is 17.6 Å². The van der Waals surface area contributed by atoms with E-state index < -0.39 is 0 Å². The second kappa shape index (κ2) is 7.98. The molecule has 1 N–H and O–H groups in total. The highest BCUT2D eigenvalue weighted by Crippen LogP contribution is 2.34. The number of rotatable bonds is 5. The molecule has 0 aliphatic carbocycles. The van der Waals surface area contributed by atoms with Gasteiger partial charge in [0.1, 0.15) is 0 Å². The van der Waals surface area contributed by atoms with Crippen LogP contribution in [0, 0.1) is 5.92 Å². The fraction of sp³-hybridized carbons (Fsp3) is 0.360. The zero-order chi connectivity index (χ0) is 20.5. The average molecular weight is 401 g/mol. The molecule has 3 aromatic rings. The third-order valence-electron chi connectivity index (χ3n) is 6.56. The molecule has 1 aromatic heterocycles. The number of hydrogen-bond donors (Lipinski definition) is 1. The Balaban J connectivity index is 1.23. The quantitative estimate of drug-likeness (QED) is 0.706. The van der Waals surface area contributed by atoms with Crippen molar-refractivity contribution in [1.82, 2.24) is 15.1 Å². The molecule has 0 spiro atoms. The fourth-order valence-corrected chi connectivity index (χ4v) is 5.05. The minimum Gasteiger partial charge on any atom is -0.371 e. The summed E-state index contributed by atoms with van der Waals surface area (Å²) in [6.07, 6.45) is 6.48. The first-order valence-electron chi connectivity index (χ1n) is 10.9. The van der Waals surface area contributed by atoms with Crippen LogP contribution in [0.15, 0.2) is 60.9 Å². The van der Waals surface area contributed by atoms with E-state index >= 15 is 0 Å². The number of anilines is 1. The molecule has 2 unspecified atom stereocenters. The molecule has 3 heterocycles. The van der Waals surface area contributed by atoms with E-state index in [1.165, 1.54) is 16.8 Å². The predicted octanol–water partition coefficient (Wildman–Crippen LogP) is 3.92. The van der Waals surface area contributed by atoms with Gasteiger partial charge in [0, 0.05) is 43.1 Å². The van der Waals surface area contributed by atoms with Crippen LogP contribution in [0.4, 0.5) is 5.69 Å². The third kappa shape index (κ3) is 3.72. The second-order valence-electron chi connectivity index (χ2n) is 8.69. The third-order valence-corrected chi connectivity index (χ3v) is 6.56. The Morgan fingerprint density at radius 3 is 2.83 bits per heavy atom. The van der Waals surface area contributed by atoms with Gasteiger partial charge in [0.15, 0.2) is 0 Å². The minimum absolute atomic E-state index is 0.253. The van der Waals surface area contributed by atoms with Gasteiger partial charge in [-0.05, 0) is 54.5 Å². The Hall–Kier alpha value is -3.08. The van der Waals surface area contributed by atoms with Gasteiger partial charge in [-0.25, -0.2) is 0 Å². The molecule has 1 amide bonds. The van der Waals surface area contributed by atoms with E-state index in [1.807, 2.05) is 42.7 Å². The maximum absolute atomic E-state index is 12.9. The van der Waals surface area contributed by atoms with Gasteiger partial charge in [-0.3, -0.25) is 9.89 Å². The smallest absolute Gasteiger partial charge is 0.227 e. The molecule has 0 saturated carbocycles. The van der Waals surface area contributed by atoms with Gasteiger partial charge < -0.3 is 9.80 Å². The zero-order valence-corrected chi connectivity index (χ0v) is 17.4. The number of amides is 1. The molecule has 1 saturated heterocycles. The van der Waals surface area contributed by atoms with Crippen molar-refractivity contribution >= 4 is 11.6 Å². The first-order chi connectivity index (χ1) is 14.7. The number of likely N-dealkylation sites (tertiary alicyclic amines) is 1. The van der Waals surface area contributed by atoms with Crippen LogP contribution in [0.2, 0.25) is 0 Å². The highest BCUT2D eigenvalue weighted by atomic mass is 16.2. The van der Waals surface area contributed by atoms with Crippen LogP contribution in [0.1, 0.15) is 24.5 Å². The number of carbonyl (C=O) groups is 1. The Morgan fingerprint density at radius 1 is 1.17 bits per heavy atom. The summed E-state index contributed by atoms with van der Waals surface area (Å²) in [7, 11) is 0. The fourth-order valence-electron chi connectivity index (χ4n) is 5.05. The van der Waals surface area contributed by atoms with Gasteiger partial charge in [-0.1, -0.05) is 36.4 Å². The van der Waals surface area contributed by atoms with Gasteiger partial charge in [-0.2, -0.15) is 5.10 Å². The molecule has 30 heavy (non-hydrogen) atoms. The first-order valence-corrected chi connectivity index (χ1v) is 10.9. The molecule has 5 rings (SSSR count). The molecule has 2 aliphatic rings. The molecule has 1 fully saturated rings. The highest BCUT2D eigenvalue weighted by Gasteiger charge is 2.34. The molecular formula is C25H28N4O. The van der Waals surface area contributed by atoms with Gasteiger partial charge in [0.25, 0.3) is 0 Å². The molecule has 2 atom stereocenters. The summed E-state index contributed by atoms with van der Waals surface area (Å²) in [5.41, 5.74) is 6.21. The van der Waals surface area contributed by atoms with Crippen molar-refractivity contribution in [3.05, 3.63) is 72.1 Å². The number of H-pyrrole nitrogens is 1. The summed E-state index contributed by atoms with van der Waals surface area (Å²) in [5.74, 6) is 0.780. The van der Waals surface area contributed by atoms with Crippen LogP contribution in [0.5, 0.6) is 0 Å². The number of nitrogens with one attached hydrogen (secondary N) is 1. The van der Waals surface area contributed by atoms with Crippen LogP contribution < -0.4 is 4.90 Å². The van der Waals surface area contributed by atoms with E-state index in [0.717, 1.165) is 43.6 Å². The van der Waals surface area contributed by atoms with Gasteiger partial charge in [0.05, 0.1) is 12.6 Å². The van der Waals surface area contributed by atoms with Crippen LogP contribution in [0.25, 0.3) is 11.1 Å². The van der Waals surface area contributed by atoms with Crippen molar-refractivity contribution in [2.24, 2.45) is 5.92 Å². The van der Waals surface area contributed by atoms with E-state index in [2.05, 4.69) is 45.1 Å². The van der Waals surface area contributed by atoms with Crippen molar-refractivity contribution < 1.29 is 4.79 Å². The number of carbonyl (C=O) groups excluding carboxylic acids is 1. The van der Waals surface area contributed by atoms with E-state index in [4.69, 9.17) is 0 Å². The lowest BCUT2D eigenvalue weighted by Gasteiger charge is -2.24. The number of nitrogens with zero attached hydrogens (tertiary/aromatic N) is 3. The van der Waals surface area contributed by atoms with Crippen molar-refractivity contribution in [3.63, 3.8) is 0 Å². The molecule has 2 aliphatic heterocycles. The van der Waals surface area contributed by atoms with Crippen molar-refractivity contribution in [3.8, 4) is 11.1 Å². The zero-order valence-electron chi connectivity index (χ0n) is 17.4. The summed E-state index contributed by atoms with van der Waals surface area (Å²) < 4.78 is 0. The Kier molecular flexibility index (Phi) is 5.03. The van der Waals surface area contributed by atoms with Crippen LogP contribution in [-0.4, -0.2) is 46.7 Å². The molecule has 0 bridgehead atoms. The summed E-state index contributed by atoms with van der Waals surface area (Å²) in [5, 5.41) is 6.96. The van der Waals surface area contributed by atoms with Crippen LogP contribution >= 0.6 is 0 Å². The summed E-state index contributed by atoms with van der Waals surface area (Å²) in [6.45, 7) is 5.15. The van der Waals surface area contributed by atoms with E-state index in [1.54, 1.807) is 0 Å². The molecule has 154 valence electrons. The topological polar surface area (TPSA) is 52.2 Å². The molecule has 0 radical (unpaired) electrons. The van der Waals surface area contributed by atoms with Gasteiger partial charge in [-0.15, -0.1) is 0 Å². The maximum atomic E-state index is 12.9. The number of benzene rings is 2. The lowest BCUT2D eigenvalue weighted by molar-refractivity contribution is -0.131. The highest BCUT2D eigenvalue weighted by molar-refractivity contribution is 5.79. The maximum Gasteiger partial charge on any atom is 0.227 e. The van der Waals surface area contributed by atoms with Crippen molar-refractivity contribution in [1.29, 1.82) is 0 Å². The Bertz CT molecular complexity index is 1010. The molecule has 5 nitrogen and oxygen atoms in total. The van der Waals surface area contributed by atoms with Crippen LogP contribution in [0.3, 0.4) is 0 Å². The largest absolute Gasteiger partial charge is 0.371 e. The second-order valence-corrected chi connectivity index (χ2v) is 8.69. The first kappa shape index (κ1) is 18.9. The summed E-state index contributed by atoms with van der Waals surface area (Å²) >= 11 is 0. The average Bonchev–Trinajstić information content (AvgIpc) is 3.49. The van der Waals surface area contributed by atoms with E-state index in [9.17, 15) is 4.79 Å². The summed E-state index contributed by atoms with van der Waals surface area (Å²) in [4.78, 5) is 17.5. The number of aromatic nitrogens is 2. The van der Waals surface area contributed by atoms with E-state index in [-0.39, 0.29) is 5.91 Å². The predicted molar refractivity (Wildman–Crippen MR) is 119 cm³/mol. The number of hydrogen-bond acceptors (Lipinski definition) is 3. The van der Waals surface area contributed by atoms with Crippen molar-refractivity contribution in [2.75, 3.05) is 24.5 Å². The molecular weight excluding hydrogens is 372 g/mol. The van der Waals surface area contributed by atoms with Crippen molar-refractivity contribution in [2.45, 2.75) is 32.2 Å². The Morgan fingerprint density at radius 2 is 2.03 bits per heavy atom. The monoisotopic (exact) mass is 400 g/mol. The van der Waals surface area contributed by atoms with Gasteiger partial charge >= 0.3 is 0 Å². The van der Waals surface area contributed by atoms with Gasteiger partial charge in [0.2, 0.25) is 5.91 Å². The SMILES string of the molecule is CC1CC(CN2CCc3cc(-c4cn[nH]c4)ccc32)CN1C(=O)Cc1ccccc1. The summed E-state index contributed by atoms with van der Waals surface area (Å²) in [6, 6.07) is 17.1.